The van der Waals surface area contributed by atoms with Crippen molar-refractivity contribution in [3.63, 3.8) is 0 Å². The zero-order valence-electron chi connectivity index (χ0n) is 11.6. The van der Waals surface area contributed by atoms with E-state index in [1.165, 1.54) is 17.2 Å². The smallest absolute Gasteiger partial charge is 0.422 e. The number of carbonyl (C=O) groups is 2. The molecule has 1 spiro atoms. The number of piperazine rings is 1. The third kappa shape index (κ3) is 1.89. The van der Waals surface area contributed by atoms with Gasteiger partial charge in [0.1, 0.15) is 5.69 Å². The van der Waals surface area contributed by atoms with E-state index >= 15 is 0 Å². The minimum absolute atomic E-state index is 0.0733. The number of benzene rings is 1. The molecule has 2 aliphatic rings. The van der Waals surface area contributed by atoms with Gasteiger partial charge in [0.15, 0.2) is 17.2 Å². The lowest BCUT2D eigenvalue weighted by molar-refractivity contribution is -0.180. The molecule has 1 N–H and O–H groups in total. The Hall–Kier alpha value is -2.68. The second-order valence-electron chi connectivity index (χ2n) is 5.18. The maximum atomic E-state index is 14.4. The highest BCUT2D eigenvalue weighted by Gasteiger charge is 2.55. The molecule has 0 radical (unpaired) electrons. The van der Waals surface area contributed by atoms with Crippen molar-refractivity contribution in [2.45, 2.75) is 5.91 Å². The van der Waals surface area contributed by atoms with Gasteiger partial charge in [-0.05, 0) is 12.1 Å². The van der Waals surface area contributed by atoms with Crippen LogP contribution in [0.25, 0.3) is 11.0 Å². The number of furan rings is 1. The molecule has 1 aromatic carbocycles. The summed E-state index contributed by atoms with van der Waals surface area (Å²) in [5.41, 5.74) is -0.182. The molecule has 2 saturated heterocycles. The van der Waals surface area contributed by atoms with Crippen molar-refractivity contribution in [2.24, 2.45) is 0 Å². The number of nitrogens with zero attached hydrogens (tertiary/aromatic N) is 1. The molecule has 23 heavy (non-hydrogen) atoms. The summed E-state index contributed by atoms with van der Waals surface area (Å²) in [6, 6.07) is 2.47. The van der Waals surface area contributed by atoms with E-state index < -0.39 is 29.5 Å². The first-order valence-corrected chi connectivity index (χ1v) is 6.82. The molecule has 120 valence electrons. The van der Waals surface area contributed by atoms with E-state index in [-0.39, 0.29) is 24.4 Å². The van der Waals surface area contributed by atoms with E-state index in [1.54, 1.807) is 0 Å². The Kier molecular flexibility index (Phi) is 2.82. The van der Waals surface area contributed by atoms with Gasteiger partial charge >= 0.3 is 17.8 Å². The predicted octanol–water partition coefficient (Wildman–Crippen LogP) is 0.874. The second kappa shape index (κ2) is 4.66. The fourth-order valence-corrected chi connectivity index (χ4v) is 2.84. The molecule has 0 aliphatic carbocycles. The van der Waals surface area contributed by atoms with Crippen molar-refractivity contribution >= 4 is 28.6 Å². The summed E-state index contributed by atoms with van der Waals surface area (Å²) in [5, 5.41) is 3.23. The monoisotopic (exact) mass is 324 g/mol. The highest BCUT2D eigenvalue weighted by molar-refractivity contribution is 6.31. The van der Waals surface area contributed by atoms with Crippen molar-refractivity contribution in [3.8, 4) is 0 Å². The van der Waals surface area contributed by atoms with Gasteiger partial charge in [-0.25, -0.2) is 18.4 Å². The van der Waals surface area contributed by atoms with Crippen LogP contribution in [0.3, 0.4) is 0 Å². The quantitative estimate of drug-likeness (QED) is 0.616. The Morgan fingerprint density at radius 1 is 1.22 bits per heavy atom. The van der Waals surface area contributed by atoms with Gasteiger partial charge in [0.2, 0.25) is 0 Å². The summed E-state index contributed by atoms with van der Waals surface area (Å²) in [5.74, 6) is -6.50. The number of halogens is 2. The van der Waals surface area contributed by atoms with E-state index in [2.05, 4.69) is 5.32 Å². The van der Waals surface area contributed by atoms with Gasteiger partial charge in [-0.1, -0.05) is 0 Å². The van der Waals surface area contributed by atoms with Gasteiger partial charge in [-0.15, -0.1) is 0 Å². The number of esters is 2. The van der Waals surface area contributed by atoms with Gasteiger partial charge < -0.3 is 19.2 Å². The zero-order valence-corrected chi connectivity index (χ0v) is 11.6. The number of ether oxygens (including phenoxy) is 2. The maximum Gasteiger partial charge on any atom is 0.422 e. The van der Waals surface area contributed by atoms with Gasteiger partial charge in [0, 0.05) is 18.5 Å². The largest absolute Gasteiger partial charge is 0.462 e. The average Bonchev–Trinajstić information content (AvgIpc) is 3.07. The number of carbonyl (C=O) groups excluding carboxylic acids is 2. The van der Waals surface area contributed by atoms with E-state index in [0.29, 0.717) is 11.9 Å². The van der Waals surface area contributed by atoms with Crippen LogP contribution in [-0.4, -0.2) is 37.5 Å². The third-order valence-electron chi connectivity index (χ3n) is 3.82. The lowest BCUT2D eigenvalue weighted by Crippen LogP contribution is -2.63. The Bertz CT molecular complexity index is 818. The predicted molar refractivity (Wildman–Crippen MR) is 71.3 cm³/mol. The maximum absolute atomic E-state index is 14.4. The molecule has 2 aromatic rings. The molecule has 0 amide bonds. The molecule has 2 fully saturated rings. The minimum Gasteiger partial charge on any atom is -0.462 e. The number of rotatable bonds is 1. The molecule has 3 heterocycles. The standard InChI is InChI=1S/C14H10F2N2O5/c15-8-5-7-1-4-21-11(7)10(9(8)16)18-3-2-17-6-14(18)22-12(19)13(20)23-14/h1,4-5,17H,2-3,6H2. The fourth-order valence-electron chi connectivity index (χ4n) is 2.84. The van der Waals surface area contributed by atoms with Crippen molar-refractivity contribution < 1.29 is 32.3 Å². The Morgan fingerprint density at radius 3 is 2.70 bits per heavy atom. The van der Waals surface area contributed by atoms with Crippen molar-refractivity contribution in [3.05, 3.63) is 30.0 Å². The lowest BCUT2D eigenvalue weighted by Gasteiger charge is -2.41. The molecule has 4 rings (SSSR count). The van der Waals surface area contributed by atoms with Crippen LogP contribution in [0.5, 0.6) is 0 Å². The van der Waals surface area contributed by atoms with Gasteiger partial charge in [-0.2, -0.15) is 0 Å². The minimum atomic E-state index is -1.86. The molecular formula is C14H10F2N2O5. The Balaban J connectivity index is 1.92. The SMILES string of the molecule is O=C1OC2(CNCCN2c2c(F)c(F)cc3ccoc23)OC1=O. The van der Waals surface area contributed by atoms with E-state index in [9.17, 15) is 18.4 Å². The van der Waals surface area contributed by atoms with Crippen LogP contribution in [0.15, 0.2) is 22.8 Å². The molecule has 0 bridgehead atoms. The topological polar surface area (TPSA) is 81.0 Å². The van der Waals surface area contributed by atoms with Crippen LogP contribution >= 0.6 is 0 Å². The summed E-state index contributed by atoms with van der Waals surface area (Å²) in [6.07, 6.45) is 1.29. The first-order chi connectivity index (χ1) is 11.0. The Labute approximate surface area is 127 Å². The van der Waals surface area contributed by atoms with E-state index in [4.69, 9.17) is 13.9 Å². The summed E-state index contributed by atoms with van der Waals surface area (Å²) in [6.45, 7) is 0.411. The van der Waals surface area contributed by atoms with Crippen LogP contribution in [-0.2, 0) is 19.1 Å². The summed E-state index contributed by atoms with van der Waals surface area (Å²) in [7, 11) is 0. The van der Waals surface area contributed by atoms with Crippen molar-refractivity contribution in [1.82, 2.24) is 5.32 Å². The third-order valence-corrected chi connectivity index (χ3v) is 3.82. The number of nitrogens with one attached hydrogen (secondary N) is 1. The number of hydrogen-bond acceptors (Lipinski definition) is 7. The van der Waals surface area contributed by atoms with Gasteiger partial charge in [-0.3, -0.25) is 4.90 Å². The fraction of sp³-hybridized carbons (Fsp3) is 0.286. The normalized spacial score (nSPS) is 20.2. The molecule has 0 saturated carbocycles. The average molecular weight is 324 g/mol. The van der Waals surface area contributed by atoms with E-state index in [0.717, 1.165) is 6.07 Å². The first kappa shape index (κ1) is 13.9. The molecule has 0 unspecified atom stereocenters. The lowest BCUT2D eigenvalue weighted by atomic mass is 10.1. The number of hydrogen-bond donors (Lipinski definition) is 1. The first-order valence-electron chi connectivity index (χ1n) is 6.82. The van der Waals surface area contributed by atoms with E-state index in [1.807, 2.05) is 0 Å². The zero-order chi connectivity index (χ0) is 16.2. The van der Waals surface area contributed by atoms with Gasteiger partial charge in [0.05, 0.1) is 12.8 Å². The molecule has 2 aliphatic heterocycles. The van der Waals surface area contributed by atoms with Gasteiger partial charge in [0.25, 0.3) is 0 Å². The summed E-state index contributed by atoms with van der Waals surface area (Å²) >= 11 is 0. The van der Waals surface area contributed by atoms with Crippen LogP contribution in [0.1, 0.15) is 0 Å². The van der Waals surface area contributed by atoms with Crippen molar-refractivity contribution in [2.75, 3.05) is 24.5 Å². The highest BCUT2D eigenvalue weighted by atomic mass is 19.2. The van der Waals surface area contributed by atoms with Crippen LogP contribution in [0, 0.1) is 11.6 Å². The second-order valence-corrected chi connectivity index (χ2v) is 5.18. The molecule has 0 atom stereocenters. The van der Waals surface area contributed by atoms with Crippen LogP contribution in [0.2, 0.25) is 0 Å². The molecule has 1 aromatic heterocycles. The van der Waals surface area contributed by atoms with Crippen molar-refractivity contribution in [1.29, 1.82) is 0 Å². The Morgan fingerprint density at radius 2 is 1.96 bits per heavy atom. The molecular weight excluding hydrogens is 314 g/mol. The molecule has 9 heteroatoms. The summed E-state index contributed by atoms with van der Waals surface area (Å²) in [4.78, 5) is 24.1. The van der Waals surface area contributed by atoms with Crippen LogP contribution in [0.4, 0.5) is 14.5 Å². The molecule has 7 nitrogen and oxygen atoms in total. The number of fused-ring (bicyclic) bond motifs is 1. The highest BCUT2D eigenvalue weighted by Crippen LogP contribution is 2.39. The summed E-state index contributed by atoms with van der Waals surface area (Å²) < 4.78 is 43.6. The number of anilines is 1. The van der Waals surface area contributed by atoms with Crippen LogP contribution < -0.4 is 10.2 Å².